The first-order valence-electron chi connectivity index (χ1n) is 7.85. The smallest absolute Gasteiger partial charge is 0.262 e. The van der Waals surface area contributed by atoms with Gasteiger partial charge in [0.1, 0.15) is 22.5 Å². The molecule has 1 fully saturated rings. The van der Waals surface area contributed by atoms with Gasteiger partial charge in [0.25, 0.3) is 5.91 Å². The number of anilines is 1. The Balaban J connectivity index is 2.01. The molecule has 3 rings (SSSR count). The Hall–Kier alpha value is -2.63. The molecule has 1 saturated heterocycles. The standard InChI is InChI=1S/C19H13BrFN3O2S/c20-12-3-1-11(2-4-12)9-16-18(26)24(14-7-5-13(21)6-8-14)19(27-16)15(10-22)17(23)25/h1-8,16H,9H2,(H2,23,25)/b19-15-/t16-/m0/s1. The quantitative estimate of drug-likeness (QED) is 0.576. The van der Waals surface area contributed by atoms with Gasteiger partial charge in [-0.1, -0.05) is 39.8 Å². The molecule has 0 saturated carbocycles. The van der Waals surface area contributed by atoms with Crippen LogP contribution in [-0.2, 0) is 16.0 Å². The van der Waals surface area contributed by atoms with Crippen LogP contribution in [0.25, 0.3) is 0 Å². The molecular formula is C19H13BrFN3O2S. The molecule has 2 N–H and O–H groups in total. The van der Waals surface area contributed by atoms with Crippen LogP contribution in [0.5, 0.6) is 0 Å². The van der Waals surface area contributed by atoms with Gasteiger partial charge >= 0.3 is 0 Å². The van der Waals surface area contributed by atoms with Crippen LogP contribution >= 0.6 is 27.7 Å². The van der Waals surface area contributed by atoms with Crippen molar-refractivity contribution in [3.63, 3.8) is 0 Å². The fourth-order valence-electron chi connectivity index (χ4n) is 2.66. The van der Waals surface area contributed by atoms with Crippen LogP contribution in [0, 0.1) is 17.1 Å². The number of nitriles is 1. The zero-order chi connectivity index (χ0) is 19.6. The Bertz CT molecular complexity index is 968. The zero-order valence-electron chi connectivity index (χ0n) is 13.9. The molecule has 1 aliphatic rings. The van der Waals surface area contributed by atoms with Crippen molar-refractivity contribution < 1.29 is 14.0 Å². The van der Waals surface area contributed by atoms with Gasteiger partial charge in [-0.3, -0.25) is 14.5 Å². The number of hydrogen-bond acceptors (Lipinski definition) is 4. The second-order valence-corrected chi connectivity index (χ2v) is 7.85. The van der Waals surface area contributed by atoms with Crippen LogP contribution in [0.15, 0.2) is 63.6 Å². The topological polar surface area (TPSA) is 87.2 Å². The number of halogens is 2. The van der Waals surface area contributed by atoms with E-state index in [1.807, 2.05) is 24.3 Å². The van der Waals surface area contributed by atoms with E-state index in [0.29, 0.717) is 12.1 Å². The van der Waals surface area contributed by atoms with Gasteiger partial charge in [0.2, 0.25) is 5.91 Å². The molecule has 2 aromatic rings. The molecule has 2 amide bonds. The molecule has 0 aliphatic carbocycles. The molecule has 2 aromatic carbocycles. The van der Waals surface area contributed by atoms with Crippen LogP contribution < -0.4 is 10.6 Å². The van der Waals surface area contributed by atoms with Crippen molar-refractivity contribution in [1.29, 1.82) is 5.26 Å². The second-order valence-electron chi connectivity index (χ2n) is 5.74. The third-order valence-electron chi connectivity index (χ3n) is 3.94. The van der Waals surface area contributed by atoms with Crippen LogP contribution in [0.4, 0.5) is 10.1 Å². The number of primary amides is 1. The Morgan fingerprint density at radius 3 is 2.41 bits per heavy atom. The average molecular weight is 446 g/mol. The van der Waals surface area contributed by atoms with Crippen LogP contribution in [0.1, 0.15) is 5.56 Å². The average Bonchev–Trinajstić information content (AvgIpc) is 2.94. The number of carbonyl (C=O) groups is 2. The molecule has 5 nitrogen and oxygen atoms in total. The highest BCUT2D eigenvalue weighted by Gasteiger charge is 2.40. The minimum Gasteiger partial charge on any atom is -0.365 e. The van der Waals surface area contributed by atoms with Crippen molar-refractivity contribution in [3.05, 3.63) is 75.0 Å². The number of benzene rings is 2. The molecule has 0 bridgehead atoms. The second kappa shape index (κ2) is 7.94. The predicted octanol–water partition coefficient (Wildman–Crippen LogP) is 3.50. The lowest BCUT2D eigenvalue weighted by molar-refractivity contribution is -0.117. The number of nitrogens with two attached hydrogens (primary N) is 1. The highest BCUT2D eigenvalue weighted by molar-refractivity contribution is 9.10. The van der Waals surface area contributed by atoms with E-state index in [4.69, 9.17) is 5.73 Å². The SMILES string of the molecule is N#C/C(C(N)=O)=C1/S[C@@H](Cc2ccc(Br)cc2)C(=O)N1c1ccc(F)cc1. The summed E-state index contributed by atoms with van der Waals surface area (Å²) < 4.78 is 14.2. The summed E-state index contributed by atoms with van der Waals surface area (Å²) in [6, 6.07) is 14.6. The maximum absolute atomic E-state index is 13.3. The fourth-order valence-corrected chi connectivity index (χ4v) is 4.24. The van der Waals surface area contributed by atoms with Crippen LogP contribution in [0.3, 0.4) is 0 Å². The van der Waals surface area contributed by atoms with Crippen molar-refractivity contribution in [2.24, 2.45) is 5.73 Å². The fraction of sp³-hybridized carbons (Fsp3) is 0.105. The van der Waals surface area contributed by atoms with E-state index in [1.165, 1.54) is 29.2 Å². The molecular weight excluding hydrogens is 433 g/mol. The minimum absolute atomic E-state index is 0.170. The maximum atomic E-state index is 13.3. The van der Waals surface area contributed by atoms with E-state index in [0.717, 1.165) is 21.8 Å². The monoisotopic (exact) mass is 445 g/mol. The van der Waals surface area contributed by atoms with Crippen molar-refractivity contribution in [2.75, 3.05) is 4.90 Å². The van der Waals surface area contributed by atoms with Crippen molar-refractivity contribution >= 4 is 45.2 Å². The predicted molar refractivity (Wildman–Crippen MR) is 105 cm³/mol. The summed E-state index contributed by atoms with van der Waals surface area (Å²) in [6.07, 6.45) is 0.412. The van der Waals surface area contributed by atoms with Crippen molar-refractivity contribution in [1.82, 2.24) is 0 Å². The van der Waals surface area contributed by atoms with Crippen molar-refractivity contribution in [3.8, 4) is 6.07 Å². The largest absolute Gasteiger partial charge is 0.365 e. The molecule has 1 heterocycles. The lowest BCUT2D eigenvalue weighted by Crippen LogP contribution is -2.31. The van der Waals surface area contributed by atoms with Crippen molar-refractivity contribution in [2.45, 2.75) is 11.7 Å². The van der Waals surface area contributed by atoms with Gasteiger partial charge in [0.05, 0.1) is 5.25 Å². The van der Waals surface area contributed by atoms with E-state index >= 15 is 0 Å². The summed E-state index contributed by atoms with van der Waals surface area (Å²) in [4.78, 5) is 26.0. The molecule has 1 aliphatic heterocycles. The summed E-state index contributed by atoms with van der Waals surface area (Å²) >= 11 is 4.48. The molecule has 0 spiro atoms. The van der Waals surface area contributed by atoms with Gasteiger partial charge in [-0.15, -0.1) is 0 Å². The first-order valence-corrected chi connectivity index (χ1v) is 9.53. The Kier molecular flexibility index (Phi) is 5.63. The summed E-state index contributed by atoms with van der Waals surface area (Å²) in [5, 5.41) is 8.97. The Morgan fingerprint density at radius 1 is 1.22 bits per heavy atom. The third-order valence-corrected chi connectivity index (χ3v) is 5.74. The molecule has 1 atom stereocenters. The number of hydrogen-bond donors (Lipinski definition) is 1. The van der Waals surface area contributed by atoms with E-state index < -0.39 is 17.0 Å². The number of rotatable bonds is 4. The summed E-state index contributed by atoms with van der Waals surface area (Å²) in [5.74, 6) is -1.66. The van der Waals surface area contributed by atoms with Gasteiger partial charge in [-0.2, -0.15) is 5.26 Å². The van der Waals surface area contributed by atoms with Gasteiger partial charge in [-0.05, 0) is 48.4 Å². The highest BCUT2D eigenvalue weighted by Crippen LogP contribution is 2.41. The lowest BCUT2D eigenvalue weighted by Gasteiger charge is -2.18. The van der Waals surface area contributed by atoms with Gasteiger partial charge in [-0.25, -0.2) is 4.39 Å². The van der Waals surface area contributed by atoms with Gasteiger partial charge < -0.3 is 5.73 Å². The lowest BCUT2D eigenvalue weighted by atomic mass is 10.1. The third kappa shape index (κ3) is 4.04. The molecule has 136 valence electrons. The van der Waals surface area contributed by atoms with E-state index in [9.17, 15) is 19.2 Å². The van der Waals surface area contributed by atoms with Gasteiger partial charge in [0, 0.05) is 10.2 Å². The van der Waals surface area contributed by atoms with E-state index in [-0.39, 0.29) is 16.5 Å². The molecule has 8 heteroatoms. The van der Waals surface area contributed by atoms with Gasteiger partial charge in [0.15, 0.2) is 0 Å². The Morgan fingerprint density at radius 2 is 1.85 bits per heavy atom. The molecule has 0 aromatic heterocycles. The number of nitrogens with zero attached hydrogens (tertiary/aromatic N) is 2. The summed E-state index contributed by atoms with van der Waals surface area (Å²) in [5.41, 5.74) is 6.32. The number of carbonyl (C=O) groups excluding carboxylic acids is 2. The minimum atomic E-state index is -0.913. The van der Waals surface area contributed by atoms with E-state index in [2.05, 4.69) is 15.9 Å². The van der Waals surface area contributed by atoms with E-state index in [1.54, 1.807) is 6.07 Å². The zero-order valence-corrected chi connectivity index (χ0v) is 16.3. The normalized spacial score (nSPS) is 18.3. The number of thioether (sulfide) groups is 1. The molecule has 0 unspecified atom stereocenters. The number of amides is 2. The Labute approximate surface area is 167 Å². The molecule has 27 heavy (non-hydrogen) atoms. The highest BCUT2D eigenvalue weighted by atomic mass is 79.9. The summed E-state index contributed by atoms with van der Waals surface area (Å²) in [6.45, 7) is 0. The molecule has 0 radical (unpaired) electrons. The summed E-state index contributed by atoms with van der Waals surface area (Å²) in [7, 11) is 0. The van der Waals surface area contributed by atoms with Crippen LogP contribution in [0.2, 0.25) is 0 Å². The van der Waals surface area contributed by atoms with Crippen LogP contribution in [-0.4, -0.2) is 17.1 Å². The first kappa shape index (κ1) is 19.1. The maximum Gasteiger partial charge on any atom is 0.262 e. The first-order chi connectivity index (χ1) is 12.9.